The van der Waals surface area contributed by atoms with Crippen LogP contribution in [-0.2, 0) is 14.3 Å². The van der Waals surface area contributed by atoms with Gasteiger partial charge in [0.15, 0.2) is 0 Å². The van der Waals surface area contributed by atoms with Crippen LogP contribution in [0.3, 0.4) is 0 Å². The lowest BCUT2D eigenvalue weighted by Crippen LogP contribution is -2.45. The van der Waals surface area contributed by atoms with Crippen molar-refractivity contribution in [2.75, 3.05) is 46.0 Å². The Morgan fingerprint density at radius 1 is 1.50 bits per heavy atom. The zero-order valence-corrected chi connectivity index (χ0v) is 11.2. The molecular weight excluding hydrogens is 232 g/mol. The lowest BCUT2D eigenvalue weighted by Gasteiger charge is -2.29. The average Bonchev–Trinajstić information content (AvgIpc) is 2.92. The van der Waals surface area contributed by atoms with Crippen molar-refractivity contribution in [1.29, 1.82) is 0 Å². The second-order valence-corrected chi connectivity index (χ2v) is 5.10. The van der Waals surface area contributed by atoms with Gasteiger partial charge in [0.2, 0.25) is 0 Å². The highest BCUT2D eigenvalue weighted by molar-refractivity contribution is 5.80. The first-order chi connectivity index (χ1) is 8.77. The van der Waals surface area contributed by atoms with E-state index < -0.39 is 0 Å². The van der Waals surface area contributed by atoms with Gasteiger partial charge in [-0.3, -0.25) is 4.79 Å². The normalized spacial score (nSPS) is 26.3. The lowest BCUT2D eigenvalue weighted by atomic mass is 10.1. The molecular formula is C13H24N2O3. The molecule has 2 atom stereocenters. The molecule has 2 saturated heterocycles. The molecule has 1 amide bonds. The molecule has 0 aromatic carbocycles. The first kappa shape index (κ1) is 13.8. The summed E-state index contributed by atoms with van der Waals surface area (Å²) in [5.41, 5.74) is 0. The van der Waals surface area contributed by atoms with Gasteiger partial charge >= 0.3 is 0 Å². The smallest absolute Gasteiger partial charge is 0.251 e. The van der Waals surface area contributed by atoms with Crippen LogP contribution in [0.5, 0.6) is 0 Å². The highest BCUT2D eigenvalue weighted by atomic mass is 16.5. The van der Waals surface area contributed by atoms with Crippen LogP contribution in [0.25, 0.3) is 0 Å². The molecule has 0 bridgehead atoms. The number of nitrogens with zero attached hydrogens (tertiary/aromatic N) is 1. The van der Waals surface area contributed by atoms with Gasteiger partial charge in [-0.15, -0.1) is 0 Å². The summed E-state index contributed by atoms with van der Waals surface area (Å²) in [4.78, 5) is 13.9. The summed E-state index contributed by atoms with van der Waals surface area (Å²) in [6.45, 7) is 7.42. The zero-order chi connectivity index (χ0) is 12.8. The summed E-state index contributed by atoms with van der Waals surface area (Å²) < 4.78 is 10.9. The van der Waals surface area contributed by atoms with Gasteiger partial charge in [0.25, 0.3) is 5.91 Å². The van der Waals surface area contributed by atoms with Crippen molar-refractivity contribution in [3.05, 3.63) is 0 Å². The minimum Gasteiger partial charge on any atom is -0.378 e. The molecule has 2 aliphatic rings. The molecule has 2 aliphatic heterocycles. The van der Waals surface area contributed by atoms with Gasteiger partial charge in [-0.05, 0) is 38.8 Å². The Morgan fingerprint density at radius 3 is 2.94 bits per heavy atom. The predicted molar refractivity (Wildman–Crippen MR) is 68.4 cm³/mol. The molecule has 0 saturated carbocycles. The predicted octanol–water partition coefficient (Wildman–Crippen LogP) is 0.250. The minimum atomic E-state index is -0.322. The molecule has 2 unspecified atom stereocenters. The van der Waals surface area contributed by atoms with E-state index in [1.165, 1.54) is 6.42 Å². The second kappa shape index (κ2) is 7.07. The van der Waals surface area contributed by atoms with E-state index in [0.29, 0.717) is 32.9 Å². The SMILES string of the molecule is CC(OCCC1CCNC1)C(=O)N1CCOCC1. The second-order valence-electron chi connectivity index (χ2n) is 5.10. The van der Waals surface area contributed by atoms with Crippen molar-refractivity contribution in [2.45, 2.75) is 25.9 Å². The van der Waals surface area contributed by atoms with Crippen molar-refractivity contribution < 1.29 is 14.3 Å². The van der Waals surface area contributed by atoms with Gasteiger partial charge in [0.1, 0.15) is 6.10 Å². The molecule has 18 heavy (non-hydrogen) atoms. The standard InChI is InChI=1S/C13H24N2O3/c1-11(13(16)15-5-8-17-9-6-15)18-7-3-12-2-4-14-10-12/h11-12,14H,2-10H2,1H3. The summed E-state index contributed by atoms with van der Waals surface area (Å²) >= 11 is 0. The van der Waals surface area contributed by atoms with Crippen LogP contribution in [0.1, 0.15) is 19.8 Å². The van der Waals surface area contributed by atoms with E-state index in [2.05, 4.69) is 5.32 Å². The van der Waals surface area contributed by atoms with Crippen LogP contribution >= 0.6 is 0 Å². The van der Waals surface area contributed by atoms with Crippen LogP contribution in [0.4, 0.5) is 0 Å². The molecule has 104 valence electrons. The lowest BCUT2D eigenvalue weighted by molar-refractivity contribution is -0.146. The van der Waals surface area contributed by atoms with Gasteiger partial charge in [0.05, 0.1) is 13.2 Å². The third-order valence-electron chi connectivity index (χ3n) is 3.73. The van der Waals surface area contributed by atoms with E-state index in [0.717, 1.165) is 25.4 Å². The molecule has 2 heterocycles. The molecule has 2 rings (SSSR count). The number of hydrogen-bond donors (Lipinski definition) is 1. The topological polar surface area (TPSA) is 50.8 Å². The van der Waals surface area contributed by atoms with Gasteiger partial charge in [-0.1, -0.05) is 0 Å². The quantitative estimate of drug-likeness (QED) is 0.766. The van der Waals surface area contributed by atoms with Crippen molar-refractivity contribution in [3.63, 3.8) is 0 Å². The molecule has 0 aromatic rings. The Hall–Kier alpha value is -0.650. The number of rotatable bonds is 5. The first-order valence-corrected chi connectivity index (χ1v) is 6.96. The molecule has 0 aromatic heterocycles. The van der Waals surface area contributed by atoms with E-state index in [4.69, 9.17) is 9.47 Å². The maximum atomic E-state index is 12.1. The summed E-state index contributed by atoms with van der Waals surface area (Å²) in [7, 11) is 0. The first-order valence-electron chi connectivity index (χ1n) is 6.96. The number of hydrogen-bond acceptors (Lipinski definition) is 4. The number of carbonyl (C=O) groups excluding carboxylic acids is 1. The van der Waals surface area contributed by atoms with Crippen molar-refractivity contribution >= 4 is 5.91 Å². The van der Waals surface area contributed by atoms with Crippen LogP contribution in [-0.4, -0.2) is 62.9 Å². The summed E-state index contributed by atoms with van der Waals surface area (Å²) in [5, 5.41) is 3.34. The highest BCUT2D eigenvalue weighted by Gasteiger charge is 2.23. The number of morpholine rings is 1. The Balaban J connectivity index is 1.63. The number of amides is 1. The van der Waals surface area contributed by atoms with E-state index in [9.17, 15) is 4.79 Å². The van der Waals surface area contributed by atoms with E-state index >= 15 is 0 Å². The van der Waals surface area contributed by atoms with Gasteiger partial charge in [-0.2, -0.15) is 0 Å². The summed E-state index contributed by atoms with van der Waals surface area (Å²) in [5.74, 6) is 0.818. The molecule has 1 N–H and O–H groups in total. The molecule has 5 nitrogen and oxygen atoms in total. The number of nitrogens with one attached hydrogen (secondary N) is 1. The molecule has 0 aliphatic carbocycles. The average molecular weight is 256 g/mol. The third-order valence-corrected chi connectivity index (χ3v) is 3.73. The van der Waals surface area contributed by atoms with E-state index in [1.807, 2.05) is 11.8 Å². The van der Waals surface area contributed by atoms with Crippen LogP contribution < -0.4 is 5.32 Å². The van der Waals surface area contributed by atoms with E-state index in [1.54, 1.807) is 0 Å². The van der Waals surface area contributed by atoms with Crippen LogP contribution in [0, 0.1) is 5.92 Å². The Bertz CT molecular complexity index is 261. The number of ether oxygens (including phenoxy) is 2. The zero-order valence-electron chi connectivity index (χ0n) is 11.2. The molecule has 0 spiro atoms. The molecule has 2 fully saturated rings. The van der Waals surface area contributed by atoms with Gasteiger partial charge in [0, 0.05) is 19.7 Å². The molecule has 0 radical (unpaired) electrons. The highest BCUT2D eigenvalue weighted by Crippen LogP contribution is 2.13. The Kier molecular flexibility index (Phi) is 5.41. The third kappa shape index (κ3) is 3.93. The maximum Gasteiger partial charge on any atom is 0.251 e. The van der Waals surface area contributed by atoms with Crippen molar-refractivity contribution in [2.24, 2.45) is 5.92 Å². The van der Waals surface area contributed by atoms with Gasteiger partial charge < -0.3 is 19.7 Å². The molecule has 5 heteroatoms. The monoisotopic (exact) mass is 256 g/mol. The maximum absolute atomic E-state index is 12.1. The van der Waals surface area contributed by atoms with Crippen molar-refractivity contribution in [3.8, 4) is 0 Å². The summed E-state index contributed by atoms with van der Waals surface area (Å²) in [6.07, 6.45) is 1.96. The summed E-state index contributed by atoms with van der Waals surface area (Å²) in [6, 6.07) is 0. The fraction of sp³-hybridized carbons (Fsp3) is 0.923. The fourth-order valence-corrected chi connectivity index (χ4v) is 2.48. The Labute approximate surface area is 109 Å². The van der Waals surface area contributed by atoms with Crippen LogP contribution in [0.2, 0.25) is 0 Å². The Morgan fingerprint density at radius 2 is 2.28 bits per heavy atom. The largest absolute Gasteiger partial charge is 0.378 e. The van der Waals surface area contributed by atoms with Gasteiger partial charge in [-0.25, -0.2) is 0 Å². The minimum absolute atomic E-state index is 0.0999. The number of carbonyl (C=O) groups is 1. The van der Waals surface area contributed by atoms with E-state index in [-0.39, 0.29) is 12.0 Å². The fourth-order valence-electron chi connectivity index (χ4n) is 2.48. The van der Waals surface area contributed by atoms with Crippen molar-refractivity contribution in [1.82, 2.24) is 10.2 Å². The van der Waals surface area contributed by atoms with Crippen LogP contribution in [0.15, 0.2) is 0 Å².